The molecular formula is C46H35FN4NiO4S. The summed E-state index contributed by atoms with van der Waals surface area (Å²) in [6, 6.07) is 60.4. The third kappa shape index (κ3) is 13.5. The number of pyridine rings is 2. The topological polar surface area (TPSA) is 117 Å². The molecular weight excluding hydrogens is 782 g/mol. The fourth-order valence-corrected chi connectivity index (χ4v) is 6.27. The Labute approximate surface area is 341 Å². The summed E-state index contributed by atoms with van der Waals surface area (Å²) in [4.78, 5) is 17.9. The van der Waals surface area contributed by atoms with Crippen LogP contribution in [0.3, 0.4) is 0 Å². The summed E-state index contributed by atoms with van der Waals surface area (Å²) < 4.78 is 41.6. The molecule has 0 fully saturated rings. The molecule has 0 atom stereocenters. The second-order valence-corrected chi connectivity index (χ2v) is 13.1. The van der Waals surface area contributed by atoms with Crippen LogP contribution in [0.5, 0.6) is 0 Å². The van der Waals surface area contributed by atoms with Crippen LogP contribution in [-0.2, 0) is 26.5 Å². The van der Waals surface area contributed by atoms with E-state index < -0.39 is 25.5 Å². The van der Waals surface area contributed by atoms with Gasteiger partial charge in [-0.1, -0.05) is 121 Å². The molecule has 286 valence electrons. The van der Waals surface area contributed by atoms with E-state index >= 15 is 0 Å². The maximum Gasteiger partial charge on any atom is 2.00 e. The molecule has 0 radical (unpaired) electrons. The average molecular weight is 818 g/mol. The number of halogens is 1. The molecule has 0 amide bonds. The molecule has 8 aromatic rings. The Morgan fingerprint density at radius 3 is 1.60 bits per heavy atom. The Balaban J connectivity index is 0.000000188. The Hall–Kier alpha value is -6.81. The summed E-state index contributed by atoms with van der Waals surface area (Å²) in [5, 5.41) is 11.1. The molecule has 0 N–H and O–H groups in total. The SMILES string of the molecule is Fc1ccc(-c2ccccc2)cc1.O=[N+]([O-])c1ccccc1S(=O)(=O)[N-]c1ccccc1-c1ccccn1.[Ni+2].[c-]1ccc(-c2ccccc2)cc1.c1ccncc1. The van der Waals surface area contributed by atoms with Gasteiger partial charge in [0, 0.05) is 24.7 Å². The van der Waals surface area contributed by atoms with Crippen LogP contribution in [0.2, 0.25) is 0 Å². The first-order valence-electron chi connectivity index (χ1n) is 17.2. The second kappa shape index (κ2) is 22.5. The monoisotopic (exact) mass is 816 g/mol. The molecule has 57 heavy (non-hydrogen) atoms. The van der Waals surface area contributed by atoms with E-state index in [9.17, 15) is 22.9 Å². The maximum absolute atomic E-state index is 12.6. The molecule has 2 aromatic heterocycles. The van der Waals surface area contributed by atoms with E-state index in [0.717, 1.165) is 17.2 Å². The number of para-hydroxylation sites is 1. The maximum atomic E-state index is 12.6. The molecule has 0 aliphatic heterocycles. The van der Waals surface area contributed by atoms with Gasteiger partial charge < -0.3 is 4.72 Å². The molecule has 8 rings (SSSR count). The summed E-state index contributed by atoms with van der Waals surface area (Å²) in [5.74, 6) is -0.195. The normalized spacial score (nSPS) is 9.98. The summed E-state index contributed by atoms with van der Waals surface area (Å²) in [6.45, 7) is 0. The smallest absolute Gasteiger partial charge is 0.572 e. The molecule has 0 bridgehead atoms. The third-order valence-electron chi connectivity index (χ3n) is 7.75. The van der Waals surface area contributed by atoms with Crippen LogP contribution in [0.4, 0.5) is 15.8 Å². The van der Waals surface area contributed by atoms with Gasteiger partial charge in [-0.25, -0.2) is 12.8 Å². The van der Waals surface area contributed by atoms with Crippen LogP contribution in [-0.4, -0.2) is 23.3 Å². The average Bonchev–Trinajstić information content (AvgIpc) is 3.26. The van der Waals surface area contributed by atoms with Crippen LogP contribution in [0.25, 0.3) is 38.2 Å². The Morgan fingerprint density at radius 2 is 1.05 bits per heavy atom. The van der Waals surface area contributed by atoms with Crippen LogP contribution in [0.15, 0.2) is 218 Å². The van der Waals surface area contributed by atoms with E-state index in [1.54, 1.807) is 67.1 Å². The van der Waals surface area contributed by atoms with Crippen molar-refractivity contribution in [2.45, 2.75) is 4.90 Å². The van der Waals surface area contributed by atoms with E-state index in [4.69, 9.17) is 0 Å². The molecule has 0 saturated carbocycles. The summed E-state index contributed by atoms with van der Waals surface area (Å²) in [6.07, 6.45) is 5.09. The predicted octanol–water partition coefficient (Wildman–Crippen LogP) is 11.8. The van der Waals surface area contributed by atoms with Crippen LogP contribution < -0.4 is 0 Å². The zero-order valence-electron chi connectivity index (χ0n) is 30.2. The number of aromatic nitrogens is 2. The van der Waals surface area contributed by atoms with E-state index in [-0.39, 0.29) is 28.0 Å². The van der Waals surface area contributed by atoms with Crippen LogP contribution >= 0.6 is 0 Å². The molecule has 0 unspecified atom stereocenters. The number of nitrogens with zero attached hydrogens (tertiary/aromatic N) is 4. The molecule has 0 aliphatic carbocycles. The van der Waals surface area contributed by atoms with Gasteiger partial charge in [0.2, 0.25) is 0 Å². The van der Waals surface area contributed by atoms with Gasteiger partial charge in [0.25, 0.3) is 5.69 Å². The van der Waals surface area contributed by atoms with Crippen molar-refractivity contribution in [1.82, 2.24) is 9.97 Å². The van der Waals surface area contributed by atoms with Gasteiger partial charge in [0.1, 0.15) is 20.7 Å². The van der Waals surface area contributed by atoms with Crippen molar-refractivity contribution in [2.75, 3.05) is 0 Å². The van der Waals surface area contributed by atoms with Crippen molar-refractivity contribution in [1.29, 1.82) is 0 Å². The molecule has 0 spiro atoms. The van der Waals surface area contributed by atoms with Gasteiger partial charge in [0.15, 0.2) is 0 Å². The van der Waals surface area contributed by atoms with Gasteiger partial charge in [-0.15, -0.1) is 11.3 Å². The number of hydrogen-bond acceptors (Lipinski definition) is 6. The molecule has 6 aromatic carbocycles. The van der Waals surface area contributed by atoms with Gasteiger partial charge >= 0.3 is 16.5 Å². The first kappa shape index (κ1) is 42.9. The van der Waals surface area contributed by atoms with Gasteiger partial charge in [-0.05, 0) is 64.7 Å². The van der Waals surface area contributed by atoms with Crippen molar-refractivity contribution in [2.24, 2.45) is 0 Å². The standard InChI is InChI=1S/C17H12N3O4S.C12H9F.C12H9.C5H5N.Ni/c21-20(22)16-10-3-4-11-17(16)25(23,24)19-15-9-2-1-7-13(15)14-8-5-6-12-18-14;13-12-8-6-11(7-9-12)10-4-2-1-3-5-10;1-3-7-11(8-4-1)12-9-5-2-6-10-12;1-2-4-6-5-3-1;/h1-12H;1-9H;1,3-10H;1-5H;/q-1;;-1;;+2. The van der Waals surface area contributed by atoms with Crippen molar-refractivity contribution in [3.05, 3.63) is 239 Å². The minimum Gasteiger partial charge on any atom is -0.572 e. The summed E-state index contributed by atoms with van der Waals surface area (Å²) in [5.41, 5.74) is 5.39. The molecule has 2 heterocycles. The van der Waals surface area contributed by atoms with Crippen molar-refractivity contribution in [3.8, 4) is 33.5 Å². The van der Waals surface area contributed by atoms with E-state index in [1.165, 1.54) is 47.5 Å². The van der Waals surface area contributed by atoms with Gasteiger partial charge in [-0.2, -0.15) is 30.3 Å². The molecule has 0 saturated heterocycles. The molecule has 0 aliphatic rings. The Morgan fingerprint density at radius 1 is 0.561 bits per heavy atom. The van der Waals surface area contributed by atoms with Crippen molar-refractivity contribution >= 4 is 21.4 Å². The largest absolute Gasteiger partial charge is 2.00 e. The van der Waals surface area contributed by atoms with Crippen molar-refractivity contribution in [3.63, 3.8) is 0 Å². The minimum atomic E-state index is -4.26. The quantitative estimate of drug-likeness (QED) is 0.0684. The number of benzene rings is 6. The summed E-state index contributed by atoms with van der Waals surface area (Å²) >= 11 is 0. The Bertz CT molecular complexity index is 2420. The van der Waals surface area contributed by atoms with Crippen molar-refractivity contribution < 1.29 is 34.2 Å². The number of hydrogen-bond donors (Lipinski definition) is 0. The predicted molar refractivity (Wildman–Crippen MR) is 220 cm³/mol. The number of rotatable bonds is 7. The van der Waals surface area contributed by atoms with Crippen LogP contribution in [0.1, 0.15) is 0 Å². The number of sulfonamides is 1. The third-order valence-corrected chi connectivity index (χ3v) is 9.08. The van der Waals surface area contributed by atoms with E-state index in [2.05, 4.69) is 45.0 Å². The minimum absolute atomic E-state index is 0. The zero-order chi connectivity index (χ0) is 39.4. The summed E-state index contributed by atoms with van der Waals surface area (Å²) in [7, 11) is -4.26. The Kier molecular flexibility index (Phi) is 17.0. The first-order chi connectivity index (χ1) is 27.3. The molecule has 11 heteroatoms. The second-order valence-electron chi connectivity index (χ2n) is 11.6. The molecule has 8 nitrogen and oxygen atoms in total. The van der Waals surface area contributed by atoms with Crippen LogP contribution in [0, 0.1) is 22.0 Å². The fourth-order valence-electron chi connectivity index (χ4n) is 5.09. The van der Waals surface area contributed by atoms with Gasteiger partial charge in [0.05, 0.1) is 10.6 Å². The first-order valence-corrected chi connectivity index (χ1v) is 18.7. The fraction of sp³-hybridized carbons (Fsp3) is 0. The van der Waals surface area contributed by atoms with Gasteiger partial charge in [-0.3, -0.25) is 20.1 Å². The van der Waals surface area contributed by atoms with E-state index in [0.29, 0.717) is 11.3 Å². The number of nitro groups is 1. The zero-order valence-corrected chi connectivity index (χ0v) is 32.0. The number of nitro benzene ring substituents is 1. The van der Waals surface area contributed by atoms with E-state index in [1.807, 2.05) is 78.9 Å².